The largest absolute Gasteiger partial charge is 0.392 e. The molecule has 3 heteroatoms. The lowest BCUT2D eigenvalue weighted by molar-refractivity contribution is 0.260. The normalized spacial score (nSPS) is 11.9. The van der Waals surface area contributed by atoms with E-state index in [1.165, 1.54) is 31.6 Å². The highest BCUT2D eigenvalue weighted by molar-refractivity contribution is 7.17. The van der Waals surface area contributed by atoms with Crippen molar-refractivity contribution in [1.29, 1.82) is 0 Å². The van der Waals surface area contributed by atoms with Gasteiger partial charge in [0.05, 0.1) is 13.2 Å². The van der Waals surface area contributed by atoms with Crippen LogP contribution >= 0.6 is 11.3 Å². The van der Waals surface area contributed by atoms with Crippen molar-refractivity contribution in [3.05, 3.63) is 71.1 Å². The number of hydrogen-bond acceptors (Lipinski definition) is 3. The van der Waals surface area contributed by atoms with Gasteiger partial charge in [0.25, 0.3) is 0 Å². The Balaban J connectivity index is 1.91. The fourth-order valence-corrected chi connectivity index (χ4v) is 4.58. The second-order valence-electron chi connectivity index (χ2n) is 6.42. The third-order valence-electron chi connectivity index (χ3n) is 5.06. The summed E-state index contributed by atoms with van der Waals surface area (Å²) in [7, 11) is 0. The Kier molecular flexibility index (Phi) is 3.28. The summed E-state index contributed by atoms with van der Waals surface area (Å²) in [6.45, 7) is -0.118. The summed E-state index contributed by atoms with van der Waals surface area (Å²) in [6, 6.07) is 19.3. The molecular formula is C22H16O2S. The van der Waals surface area contributed by atoms with Crippen molar-refractivity contribution >= 4 is 53.7 Å². The molecule has 0 saturated carbocycles. The molecule has 0 amide bonds. The predicted molar refractivity (Wildman–Crippen MR) is 106 cm³/mol. The molecule has 1 aromatic heterocycles. The predicted octanol–water partition coefficient (Wildman–Crippen LogP) is 5.35. The molecule has 0 bridgehead atoms. The van der Waals surface area contributed by atoms with Crippen LogP contribution in [0, 0.1) is 0 Å². The summed E-state index contributed by atoms with van der Waals surface area (Å²) in [6.07, 6.45) is 0. The van der Waals surface area contributed by atoms with Crippen LogP contribution in [0.5, 0.6) is 0 Å². The number of fused-ring (bicyclic) bond motifs is 6. The Labute approximate surface area is 148 Å². The second kappa shape index (κ2) is 5.53. The number of aliphatic hydroxyl groups is 2. The third-order valence-corrected chi connectivity index (χ3v) is 5.95. The monoisotopic (exact) mass is 344 g/mol. The first-order chi connectivity index (χ1) is 12.3. The summed E-state index contributed by atoms with van der Waals surface area (Å²) in [5.74, 6) is 0. The van der Waals surface area contributed by atoms with Crippen LogP contribution in [-0.2, 0) is 13.2 Å². The van der Waals surface area contributed by atoms with E-state index in [4.69, 9.17) is 0 Å². The first-order valence-electron chi connectivity index (χ1n) is 8.28. The molecule has 5 rings (SSSR count). The fourth-order valence-electron chi connectivity index (χ4n) is 3.78. The zero-order valence-electron chi connectivity index (χ0n) is 13.5. The summed E-state index contributed by atoms with van der Waals surface area (Å²) in [4.78, 5) is 0. The smallest absolute Gasteiger partial charge is 0.0685 e. The number of benzene rings is 4. The number of aliphatic hydroxyl groups excluding tert-OH is 2. The second-order valence-corrected chi connectivity index (χ2v) is 7.36. The molecule has 1 heterocycles. The van der Waals surface area contributed by atoms with Crippen molar-refractivity contribution in [3.8, 4) is 0 Å². The maximum Gasteiger partial charge on any atom is 0.0685 e. The van der Waals surface area contributed by atoms with Crippen LogP contribution in [0.3, 0.4) is 0 Å². The van der Waals surface area contributed by atoms with Crippen LogP contribution in [0.25, 0.3) is 42.4 Å². The highest BCUT2D eigenvalue weighted by Gasteiger charge is 2.09. The molecule has 0 aliphatic carbocycles. The molecule has 0 radical (unpaired) electrons. The van der Waals surface area contributed by atoms with Crippen molar-refractivity contribution in [3.63, 3.8) is 0 Å². The van der Waals surface area contributed by atoms with Crippen molar-refractivity contribution in [2.45, 2.75) is 13.2 Å². The first-order valence-corrected chi connectivity index (χ1v) is 9.16. The molecular weight excluding hydrogens is 328 g/mol. The maximum atomic E-state index is 9.58. The van der Waals surface area contributed by atoms with Gasteiger partial charge in [-0.1, -0.05) is 18.2 Å². The lowest BCUT2D eigenvalue weighted by Gasteiger charge is -2.11. The Morgan fingerprint density at radius 1 is 0.600 bits per heavy atom. The van der Waals surface area contributed by atoms with Gasteiger partial charge in [-0.25, -0.2) is 0 Å². The number of hydrogen-bond donors (Lipinski definition) is 2. The minimum absolute atomic E-state index is 0.0578. The van der Waals surface area contributed by atoms with Gasteiger partial charge >= 0.3 is 0 Å². The molecule has 0 aliphatic heterocycles. The van der Waals surface area contributed by atoms with E-state index < -0.39 is 0 Å². The van der Waals surface area contributed by atoms with Crippen LogP contribution in [0.4, 0.5) is 0 Å². The molecule has 4 aromatic carbocycles. The Morgan fingerprint density at radius 2 is 1.28 bits per heavy atom. The van der Waals surface area contributed by atoms with Crippen molar-refractivity contribution in [2.75, 3.05) is 0 Å². The molecule has 2 N–H and O–H groups in total. The summed E-state index contributed by atoms with van der Waals surface area (Å²) in [5.41, 5.74) is 1.57. The van der Waals surface area contributed by atoms with E-state index in [-0.39, 0.29) is 13.2 Å². The molecule has 0 unspecified atom stereocenters. The standard InChI is InChI=1S/C22H16O2S/c23-11-16-8-14-7-13-1-2-18-19(3-4-22-20(18)5-6-25-22)21(13)10-15(14)9-17(16)12-24/h1-10,23-24H,11-12H2. The topological polar surface area (TPSA) is 40.5 Å². The van der Waals surface area contributed by atoms with E-state index in [9.17, 15) is 10.2 Å². The lowest BCUT2D eigenvalue weighted by Crippen LogP contribution is -1.94. The number of thiophene rings is 1. The third kappa shape index (κ3) is 2.17. The molecule has 0 fully saturated rings. The minimum Gasteiger partial charge on any atom is -0.392 e. The van der Waals surface area contributed by atoms with E-state index >= 15 is 0 Å². The fraction of sp³-hybridized carbons (Fsp3) is 0.0909. The number of rotatable bonds is 2. The molecule has 0 atom stereocenters. The van der Waals surface area contributed by atoms with Crippen LogP contribution in [0.1, 0.15) is 11.1 Å². The van der Waals surface area contributed by atoms with Gasteiger partial charge in [0.15, 0.2) is 0 Å². The van der Waals surface area contributed by atoms with E-state index in [0.717, 1.165) is 21.9 Å². The van der Waals surface area contributed by atoms with Gasteiger partial charge in [0, 0.05) is 10.1 Å². The van der Waals surface area contributed by atoms with Gasteiger partial charge in [-0.2, -0.15) is 0 Å². The van der Waals surface area contributed by atoms with E-state index in [2.05, 4.69) is 47.8 Å². The van der Waals surface area contributed by atoms with Gasteiger partial charge in [0.1, 0.15) is 0 Å². The average molecular weight is 344 g/mol. The van der Waals surface area contributed by atoms with Crippen LogP contribution in [0.15, 0.2) is 60.0 Å². The van der Waals surface area contributed by atoms with Crippen molar-refractivity contribution in [1.82, 2.24) is 0 Å². The molecule has 5 aromatic rings. The van der Waals surface area contributed by atoms with E-state index in [0.29, 0.717) is 0 Å². The maximum absolute atomic E-state index is 9.58. The summed E-state index contributed by atoms with van der Waals surface area (Å²) >= 11 is 1.77. The molecule has 25 heavy (non-hydrogen) atoms. The Bertz CT molecular complexity index is 1270. The molecule has 0 aliphatic rings. The molecule has 0 spiro atoms. The molecule has 122 valence electrons. The Hall–Kier alpha value is -2.46. The van der Waals surface area contributed by atoms with Gasteiger partial charge in [-0.3, -0.25) is 0 Å². The summed E-state index contributed by atoms with van der Waals surface area (Å²) in [5, 5.41) is 29.7. The quantitative estimate of drug-likeness (QED) is 0.335. The van der Waals surface area contributed by atoms with E-state index in [1.54, 1.807) is 11.3 Å². The zero-order valence-corrected chi connectivity index (χ0v) is 14.3. The highest BCUT2D eigenvalue weighted by Crippen LogP contribution is 2.35. The van der Waals surface area contributed by atoms with Crippen LogP contribution < -0.4 is 0 Å². The molecule has 0 saturated heterocycles. The van der Waals surface area contributed by atoms with Gasteiger partial charge < -0.3 is 10.2 Å². The SMILES string of the molecule is OCc1cc2cc3ccc4c5ccsc5ccc4c3cc2cc1CO. The average Bonchev–Trinajstić information content (AvgIpc) is 3.14. The van der Waals surface area contributed by atoms with Crippen LogP contribution in [-0.4, -0.2) is 10.2 Å². The summed E-state index contributed by atoms with van der Waals surface area (Å²) < 4.78 is 1.31. The molecule has 2 nitrogen and oxygen atoms in total. The first kappa shape index (κ1) is 14.8. The van der Waals surface area contributed by atoms with Crippen molar-refractivity contribution < 1.29 is 10.2 Å². The minimum atomic E-state index is -0.0606. The van der Waals surface area contributed by atoms with Gasteiger partial charge in [-0.15, -0.1) is 11.3 Å². The lowest BCUT2D eigenvalue weighted by atomic mass is 9.95. The highest BCUT2D eigenvalue weighted by atomic mass is 32.1. The zero-order chi connectivity index (χ0) is 17.0. The van der Waals surface area contributed by atoms with E-state index in [1.807, 2.05) is 12.1 Å². The van der Waals surface area contributed by atoms with Gasteiger partial charge in [-0.05, 0) is 85.2 Å². The van der Waals surface area contributed by atoms with Crippen molar-refractivity contribution in [2.24, 2.45) is 0 Å². The van der Waals surface area contributed by atoms with Gasteiger partial charge in [0.2, 0.25) is 0 Å². The Morgan fingerprint density at radius 3 is 2.04 bits per heavy atom. The van der Waals surface area contributed by atoms with Crippen LogP contribution in [0.2, 0.25) is 0 Å².